The summed E-state index contributed by atoms with van der Waals surface area (Å²) < 4.78 is 1.09. The minimum Gasteiger partial charge on any atom is -0.197 e. The van der Waals surface area contributed by atoms with Gasteiger partial charge in [0.2, 0.25) is 0 Å². The van der Waals surface area contributed by atoms with E-state index in [1.54, 1.807) is 0 Å². The van der Waals surface area contributed by atoms with Gasteiger partial charge < -0.3 is 0 Å². The molecule has 0 N–H and O–H groups in total. The number of benzene rings is 1. The Hall–Kier alpha value is 0.750. The molecule has 1 aromatic carbocycles. The van der Waals surface area contributed by atoms with Crippen molar-refractivity contribution in [2.24, 2.45) is 0 Å². The van der Waals surface area contributed by atoms with Crippen LogP contribution in [0, 0.1) is 0 Å². The summed E-state index contributed by atoms with van der Waals surface area (Å²) in [6.07, 6.45) is 0. The molecule has 0 aliphatic carbocycles. The van der Waals surface area contributed by atoms with Crippen LogP contribution in [0.2, 0.25) is 0 Å². The predicted octanol–water partition coefficient (Wildman–Crippen LogP) is 2.96. The first-order valence-electron chi connectivity index (χ1n) is 2.23. The lowest BCUT2D eigenvalue weighted by Crippen LogP contribution is -1.62. The second-order valence-electron chi connectivity index (χ2n) is 1.48. The van der Waals surface area contributed by atoms with E-state index in [4.69, 9.17) is 0 Å². The zero-order valence-electron chi connectivity index (χ0n) is 5.13. The van der Waals surface area contributed by atoms with E-state index >= 15 is 0 Å². The van der Waals surface area contributed by atoms with Crippen LogP contribution in [-0.2, 0) is 0 Å². The van der Waals surface area contributed by atoms with Crippen molar-refractivity contribution in [2.45, 2.75) is 4.90 Å². The first-order valence-corrected chi connectivity index (χ1v) is 3.47. The van der Waals surface area contributed by atoms with Crippen LogP contribution in [0.15, 0.2) is 33.6 Å². The van der Waals surface area contributed by atoms with Crippen LogP contribution < -0.4 is 0 Å². The van der Waals surface area contributed by atoms with Crippen LogP contribution in [0.3, 0.4) is 0 Å². The van der Waals surface area contributed by atoms with Crippen molar-refractivity contribution >= 4 is 55.6 Å². The lowest BCUT2D eigenvalue weighted by molar-refractivity contribution is 1.46. The van der Waals surface area contributed by atoms with E-state index in [9.17, 15) is 0 Å². The Morgan fingerprint density at radius 3 is 1.70 bits per heavy atom. The average Bonchev–Trinajstić information content (AvgIpc) is 1.77. The maximum absolute atomic E-state index is 4.11. The molecule has 1 rings (SSSR count). The highest BCUT2D eigenvalue weighted by Crippen LogP contribution is 2.11. The molecule has 4 heteroatoms. The highest BCUT2D eigenvalue weighted by molar-refractivity contribution is 9.10. The van der Waals surface area contributed by atoms with Crippen LogP contribution in [0.4, 0.5) is 0 Å². The van der Waals surface area contributed by atoms with Gasteiger partial charge >= 0.3 is 0 Å². The molecule has 0 aromatic heterocycles. The second kappa shape index (κ2) is 6.46. The molecule has 0 aliphatic rings. The summed E-state index contributed by atoms with van der Waals surface area (Å²) in [5, 5.41) is 0. The number of hydrogen-bond donors (Lipinski definition) is 1. The van der Waals surface area contributed by atoms with Crippen molar-refractivity contribution in [3.8, 4) is 0 Å². The van der Waals surface area contributed by atoms with E-state index in [-0.39, 0.29) is 27.0 Å². The van der Waals surface area contributed by atoms with E-state index in [0.29, 0.717) is 0 Å². The standard InChI is InChI=1S/C6H5BrS.2H2S/c7-5-1-3-6(8)4-2-5;;/h1-4,8H;2*1H2. The molecule has 0 aliphatic heterocycles. The van der Waals surface area contributed by atoms with Crippen LogP contribution in [0.25, 0.3) is 0 Å². The quantitative estimate of drug-likeness (QED) is 0.679. The van der Waals surface area contributed by atoms with E-state index in [0.717, 1.165) is 9.37 Å². The van der Waals surface area contributed by atoms with Gasteiger partial charge in [-0.05, 0) is 24.3 Å². The Kier molecular flexibility index (Phi) is 8.62. The molecule has 0 amide bonds. The van der Waals surface area contributed by atoms with Crippen molar-refractivity contribution in [1.29, 1.82) is 0 Å². The van der Waals surface area contributed by atoms with Gasteiger partial charge in [-0.3, -0.25) is 0 Å². The second-order valence-corrected chi connectivity index (χ2v) is 2.91. The fraction of sp³-hybridized carbons (Fsp3) is 0. The molecule has 0 saturated carbocycles. The molecule has 0 bridgehead atoms. The maximum Gasteiger partial charge on any atom is 0.0176 e. The fourth-order valence-electron chi connectivity index (χ4n) is 0.441. The van der Waals surface area contributed by atoms with E-state index in [1.807, 2.05) is 24.3 Å². The van der Waals surface area contributed by atoms with Crippen LogP contribution >= 0.6 is 55.6 Å². The summed E-state index contributed by atoms with van der Waals surface area (Å²) in [7, 11) is 0. The third-order valence-corrected chi connectivity index (χ3v) is 1.65. The molecule has 58 valence electrons. The Morgan fingerprint density at radius 2 is 1.40 bits per heavy atom. The maximum atomic E-state index is 4.11. The van der Waals surface area contributed by atoms with Crippen molar-refractivity contribution in [3.05, 3.63) is 28.7 Å². The SMILES string of the molecule is S.S.Sc1ccc(Br)cc1. The minimum absolute atomic E-state index is 0. The van der Waals surface area contributed by atoms with Gasteiger partial charge in [0.25, 0.3) is 0 Å². The Labute approximate surface area is 88.8 Å². The highest BCUT2D eigenvalue weighted by Gasteiger charge is 1.82. The van der Waals surface area contributed by atoms with Crippen molar-refractivity contribution in [3.63, 3.8) is 0 Å². The molecule has 0 heterocycles. The molecule has 0 radical (unpaired) electrons. The zero-order chi connectivity index (χ0) is 5.98. The van der Waals surface area contributed by atoms with E-state index in [1.165, 1.54) is 0 Å². The summed E-state index contributed by atoms with van der Waals surface area (Å²) >= 11 is 7.42. The molecular formula is C6H9BrS3. The van der Waals surface area contributed by atoms with Crippen LogP contribution in [0.1, 0.15) is 0 Å². The zero-order valence-corrected chi connectivity index (χ0v) is 9.62. The highest BCUT2D eigenvalue weighted by atomic mass is 79.9. The van der Waals surface area contributed by atoms with Gasteiger partial charge in [0.05, 0.1) is 0 Å². The van der Waals surface area contributed by atoms with Crippen molar-refractivity contribution in [1.82, 2.24) is 0 Å². The number of hydrogen-bond acceptors (Lipinski definition) is 1. The topological polar surface area (TPSA) is 0 Å². The molecule has 10 heavy (non-hydrogen) atoms. The van der Waals surface area contributed by atoms with Crippen molar-refractivity contribution < 1.29 is 0 Å². The van der Waals surface area contributed by atoms with E-state index in [2.05, 4.69) is 28.6 Å². The van der Waals surface area contributed by atoms with Gasteiger partial charge in [-0.15, -0.1) is 12.6 Å². The molecule has 0 fully saturated rings. The molecule has 0 unspecified atom stereocenters. The first kappa shape index (κ1) is 13.3. The Morgan fingerprint density at radius 1 is 1.00 bits per heavy atom. The largest absolute Gasteiger partial charge is 0.197 e. The molecular weight excluding hydrogens is 248 g/mol. The lowest BCUT2D eigenvalue weighted by Gasteiger charge is -1.87. The van der Waals surface area contributed by atoms with Gasteiger partial charge in [-0.2, -0.15) is 27.0 Å². The van der Waals surface area contributed by atoms with Gasteiger partial charge in [0.1, 0.15) is 0 Å². The lowest BCUT2D eigenvalue weighted by atomic mass is 10.4. The summed E-state index contributed by atoms with van der Waals surface area (Å²) in [6, 6.07) is 7.80. The summed E-state index contributed by atoms with van der Waals surface area (Å²) in [6.45, 7) is 0. The summed E-state index contributed by atoms with van der Waals surface area (Å²) in [5.41, 5.74) is 0. The Bertz CT molecular complexity index is 152. The molecule has 0 atom stereocenters. The molecule has 0 saturated heterocycles. The first-order chi connectivity index (χ1) is 3.79. The Balaban J connectivity index is 0. The predicted molar refractivity (Wildman–Crippen MR) is 62.2 cm³/mol. The van der Waals surface area contributed by atoms with Gasteiger partial charge in [-0.25, -0.2) is 0 Å². The molecule has 0 nitrogen and oxygen atoms in total. The summed E-state index contributed by atoms with van der Waals surface area (Å²) in [5.74, 6) is 0. The van der Waals surface area contributed by atoms with Crippen molar-refractivity contribution in [2.75, 3.05) is 0 Å². The van der Waals surface area contributed by atoms with Gasteiger partial charge in [-0.1, -0.05) is 15.9 Å². The molecule has 1 aromatic rings. The minimum atomic E-state index is 0. The van der Waals surface area contributed by atoms with E-state index < -0.39 is 0 Å². The summed E-state index contributed by atoms with van der Waals surface area (Å²) in [4.78, 5) is 0.994. The van der Waals surface area contributed by atoms with Gasteiger partial charge in [0.15, 0.2) is 0 Å². The van der Waals surface area contributed by atoms with Gasteiger partial charge in [0, 0.05) is 9.37 Å². The fourth-order valence-corrected chi connectivity index (χ4v) is 0.854. The number of thiol groups is 1. The van der Waals surface area contributed by atoms with Crippen LogP contribution in [0.5, 0.6) is 0 Å². The third kappa shape index (κ3) is 4.55. The average molecular weight is 257 g/mol. The normalized spacial score (nSPS) is 7.40. The monoisotopic (exact) mass is 256 g/mol. The number of rotatable bonds is 0. The molecule has 0 spiro atoms. The number of halogens is 1. The smallest absolute Gasteiger partial charge is 0.0176 e. The van der Waals surface area contributed by atoms with Crippen LogP contribution in [-0.4, -0.2) is 0 Å². The third-order valence-electron chi connectivity index (χ3n) is 0.827.